The maximum absolute atomic E-state index is 6.01. The van der Waals surface area contributed by atoms with Crippen molar-refractivity contribution in [3.05, 3.63) is 35.4 Å². The quantitative estimate of drug-likeness (QED) is 0.778. The number of hydrogen-bond donors (Lipinski definition) is 0. The molecule has 3 rings (SSSR count). The summed E-state index contributed by atoms with van der Waals surface area (Å²) < 4.78 is 11.8. The normalized spacial score (nSPS) is 31.4. The zero-order valence-electron chi connectivity index (χ0n) is 10.4. The summed E-state index contributed by atoms with van der Waals surface area (Å²) in [6.07, 6.45) is 1.07. The van der Waals surface area contributed by atoms with E-state index in [-0.39, 0.29) is 12.4 Å². The second kappa shape index (κ2) is 4.41. The zero-order chi connectivity index (χ0) is 11.8. The summed E-state index contributed by atoms with van der Waals surface area (Å²) in [6.45, 7) is 1.81. The first kappa shape index (κ1) is 11.2. The third kappa shape index (κ3) is 2.10. The Bertz CT molecular complexity index is 405. The van der Waals surface area contributed by atoms with Gasteiger partial charge >= 0.3 is 0 Å². The van der Waals surface area contributed by atoms with Gasteiger partial charge in [-0.15, -0.1) is 0 Å². The fourth-order valence-electron chi connectivity index (χ4n) is 2.86. The minimum atomic E-state index is -0.0340. The standard InChI is InChI=1S/C14H19NO2/c1-15(2)8-11-9-16-13-7-10-5-3-4-6-12(10)14(11)17-13/h3-6,11,13-14H,7-9H2,1-2H3/t11-,13+,14+/m1/s1. The van der Waals surface area contributed by atoms with Crippen molar-refractivity contribution in [2.24, 2.45) is 5.92 Å². The van der Waals surface area contributed by atoms with E-state index in [1.54, 1.807) is 0 Å². The van der Waals surface area contributed by atoms with E-state index in [1.807, 2.05) is 0 Å². The minimum absolute atomic E-state index is 0.0340. The fourth-order valence-corrected chi connectivity index (χ4v) is 2.86. The largest absolute Gasteiger partial charge is 0.352 e. The minimum Gasteiger partial charge on any atom is -0.352 e. The van der Waals surface area contributed by atoms with E-state index in [0.29, 0.717) is 5.92 Å². The average Bonchev–Trinajstić information content (AvgIpc) is 2.32. The Hall–Kier alpha value is -0.900. The number of benzene rings is 1. The van der Waals surface area contributed by atoms with Gasteiger partial charge < -0.3 is 14.4 Å². The Kier molecular flexibility index (Phi) is 2.90. The van der Waals surface area contributed by atoms with E-state index >= 15 is 0 Å². The van der Waals surface area contributed by atoms with Crippen molar-refractivity contribution in [3.63, 3.8) is 0 Å². The van der Waals surface area contributed by atoms with Gasteiger partial charge in [0.15, 0.2) is 6.29 Å². The molecule has 0 amide bonds. The van der Waals surface area contributed by atoms with Gasteiger partial charge in [0, 0.05) is 18.9 Å². The van der Waals surface area contributed by atoms with Crippen molar-refractivity contribution >= 4 is 0 Å². The first-order valence-corrected chi connectivity index (χ1v) is 6.23. The number of rotatable bonds is 2. The third-order valence-electron chi connectivity index (χ3n) is 3.57. The van der Waals surface area contributed by atoms with Crippen LogP contribution in [0.25, 0.3) is 0 Å². The molecule has 0 radical (unpaired) electrons. The van der Waals surface area contributed by atoms with Crippen molar-refractivity contribution < 1.29 is 9.47 Å². The van der Waals surface area contributed by atoms with Gasteiger partial charge in [-0.05, 0) is 25.2 Å². The molecule has 92 valence electrons. The summed E-state index contributed by atoms with van der Waals surface area (Å²) in [5.74, 6) is 0.433. The van der Waals surface area contributed by atoms with Crippen molar-refractivity contribution in [3.8, 4) is 0 Å². The smallest absolute Gasteiger partial charge is 0.162 e. The molecule has 17 heavy (non-hydrogen) atoms. The van der Waals surface area contributed by atoms with Crippen molar-refractivity contribution in [1.29, 1.82) is 0 Å². The summed E-state index contributed by atoms with van der Waals surface area (Å²) in [4.78, 5) is 2.20. The van der Waals surface area contributed by atoms with Gasteiger partial charge in [0.25, 0.3) is 0 Å². The number of ether oxygens (including phenoxy) is 2. The first-order valence-electron chi connectivity index (χ1n) is 6.23. The lowest BCUT2D eigenvalue weighted by atomic mass is 9.87. The zero-order valence-corrected chi connectivity index (χ0v) is 10.4. The molecule has 0 unspecified atom stereocenters. The lowest BCUT2D eigenvalue weighted by Gasteiger charge is -2.42. The number of nitrogens with zero attached hydrogens (tertiary/aromatic N) is 1. The molecule has 1 saturated heterocycles. The second-order valence-electron chi connectivity index (χ2n) is 5.24. The van der Waals surface area contributed by atoms with Crippen LogP contribution >= 0.6 is 0 Å². The van der Waals surface area contributed by atoms with E-state index in [2.05, 4.69) is 43.3 Å². The fraction of sp³-hybridized carbons (Fsp3) is 0.571. The van der Waals surface area contributed by atoms with Gasteiger partial charge in [-0.3, -0.25) is 0 Å². The van der Waals surface area contributed by atoms with Gasteiger partial charge in [-0.1, -0.05) is 24.3 Å². The molecule has 2 bridgehead atoms. The summed E-state index contributed by atoms with van der Waals surface area (Å²) in [7, 11) is 4.20. The first-order chi connectivity index (χ1) is 8.24. The van der Waals surface area contributed by atoms with Crippen LogP contribution in [0.5, 0.6) is 0 Å². The van der Waals surface area contributed by atoms with Crippen molar-refractivity contribution in [1.82, 2.24) is 4.90 Å². The second-order valence-corrected chi connectivity index (χ2v) is 5.24. The number of hydrogen-bond acceptors (Lipinski definition) is 3. The van der Waals surface area contributed by atoms with Gasteiger partial charge in [0.2, 0.25) is 0 Å². The molecule has 0 spiro atoms. The summed E-state index contributed by atoms with van der Waals surface area (Å²) in [5, 5.41) is 0. The highest BCUT2D eigenvalue weighted by Crippen LogP contribution is 2.39. The summed E-state index contributed by atoms with van der Waals surface area (Å²) in [5.41, 5.74) is 2.75. The predicted molar refractivity (Wildman–Crippen MR) is 65.8 cm³/mol. The van der Waals surface area contributed by atoms with Gasteiger partial charge in [-0.25, -0.2) is 0 Å². The van der Waals surface area contributed by atoms with Gasteiger partial charge in [-0.2, -0.15) is 0 Å². The maximum atomic E-state index is 6.01. The molecule has 3 nitrogen and oxygen atoms in total. The highest BCUT2D eigenvalue weighted by molar-refractivity contribution is 5.32. The molecule has 3 atom stereocenters. The Balaban J connectivity index is 1.90. The summed E-state index contributed by atoms with van der Waals surface area (Å²) in [6, 6.07) is 8.59. The topological polar surface area (TPSA) is 21.7 Å². The predicted octanol–water partition coefficient (Wildman–Crippen LogP) is 1.83. The van der Waals surface area contributed by atoms with Crippen LogP contribution in [0.1, 0.15) is 17.2 Å². The molecule has 1 aromatic carbocycles. The van der Waals surface area contributed by atoms with Crippen LogP contribution < -0.4 is 0 Å². The van der Waals surface area contributed by atoms with Crippen molar-refractivity contribution in [2.45, 2.75) is 18.8 Å². The molecule has 3 heteroatoms. The Morgan fingerprint density at radius 1 is 1.29 bits per heavy atom. The monoisotopic (exact) mass is 233 g/mol. The lowest BCUT2D eigenvalue weighted by Crippen LogP contribution is -2.43. The Morgan fingerprint density at radius 2 is 2.12 bits per heavy atom. The molecule has 2 heterocycles. The lowest BCUT2D eigenvalue weighted by molar-refractivity contribution is -0.247. The van der Waals surface area contributed by atoms with Crippen molar-refractivity contribution in [2.75, 3.05) is 27.2 Å². The molecular weight excluding hydrogens is 214 g/mol. The molecular formula is C14H19NO2. The molecule has 1 fully saturated rings. The molecule has 0 aromatic heterocycles. The van der Waals surface area contributed by atoms with Crippen LogP contribution in [-0.4, -0.2) is 38.4 Å². The van der Waals surface area contributed by atoms with Crippen LogP contribution in [0, 0.1) is 5.92 Å². The average molecular weight is 233 g/mol. The molecule has 2 aliphatic rings. The molecule has 0 saturated carbocycles. The van der Waals surface area contributed by atoms with Crippen LogP contribution in [0.2, 0.25) is 0 Å². The number of fused-ring (bicyclic) bond motifs is 4. The van der Waals surface area contributed by atoms with Gasteiger partial charge in [0.1, 0.15) is 0 Å². The van der Waals surface area contributed by atoms with E-state index in [1.165, 1.54) is 11.1 Å². The molecule has 0 N–H and O–H groups in total. The highest BCUT2D eigenvalue weighted by Gasteiger charge is 2.38. The van der Waals surface area contributed by atoms with E-state index in [0.717, 1.165) is 19.6 Å². The van der Waals surface area contributed by atoms with Crippen LogP contribution in [0.15, 0.2) is 24.3 Å². The van der Waals surface area contributed by atoms with Crippen LogP contribution in [0.3, 0.4) is 0 Å². The maximum Gasteiger partial charge on any atom is 0.162 e. The Morgan fingerprint density at radius 3 is 2.94 bits per heavy atom. The molecule has 2 aliphatic heterocycles. The van der Waals surface area contributed by atoms with Gasteiger partial charge in [0.05, 0.1) is 12.7 Å². The highest BCUT2D eigenvalue weighted by atomic mass is 16.7. The molecule has 1 aromatic rings. The van der Waals surface area contributed by atoms with E-state index in [9.17, 15) is 0 Å². The van der Waals surface area contributed by atoms with E-state index in [4.69, 9.17) is 9.47 Å². The summed E-state index contributed by atoms with van der Waals surface area (Å²) >= 11 is 0. The third-order valence-corrected chi connectivity index (χ3v) is 3.57. The Labute approximate surface area is 102 Å². The van der Waals surface area contributed by atoms with Crippen LogP contribution in [-0.2, 0) is 15.9 Å². The van der Waals surface area contributed by atoms with Crippen LogP contribution in [0.4, 0.5) is 0 Å². The molecule has 0 aliphatic carbocycles. The van der Waals surface area contributed by atoms with E-state index < -0.39 is 0 Å². The SMILES string of the molecule is CN(C)C[C@@H]1CO[C@@H]2Cc3ccccc3[C@H]1O2.